The van der Waals surface area contributed by atoms with Crippen LogP contribution in [-0.4, -0.2) is 18.6 Å². The van der Waals surface area contributed by atoms with E-state index < -0.39 is 6.10 Å². The molecule has 1 unspecified atom stereocenters. The number of nitrogens with two attached hydrogens (primary N) is 1. The van der Waals surface area contributed by atoms with Crippen molar-refractivity contribution in [3.05, 3.63) is 22.8 Å². The predicted octanol–water partition coefficient (Wildman–Crippen LogP) is 1.27. The first-order chi connectivity index (χ1) is 7.54. The minimum atomic E-state index is -0.576. The van der Waals surface area contributed by atoms with Crippen LogP contribution in [0.3, 0.4) is 0 Å². The number of aryl methyl sites for hydroxylation is 2. The maximum atomic E-state index is 11.6. The zero-order chi connectivity index (χ0) is 11.9. The van der Waals surface area contributed by atoms with Crippen molar-refractivity contribution in [1.82, 2.24) is 0 Å². The summed E-state index contributed by atoms with van der Waals surface area (Å²) >= 11 is 0. The minimum absolute atomic E-state index is 0.164. The van der Waals surface area contributed by atoms with Crippen LogP contribution in [0.4, 0.5) is 5.69 Å². The average molecular weight is 220 g/mol. The Morgan fingerprint density at radius 1 is 1.38 bits per heavy atom. The molecule has 1 atom stereocenters. The lowest BCUT2D eigenvalue weighted by atomic mass is 10.0. The van der Waals surface area contributed by atoms with Crippen molar-refractivity contribution in [2.45, 2.75) is 26.9 Å². The number of fused-ring (bicyclic) bond motifs is 1. The molecule has 1 aliphatic rings. The van der Waals surface area contributed by atoms with Crippen molar-refractivity contribution < 1.29 is 9.53 Å². The summed E-state index contributed by atoms with van der Waals surface area (Å²) in [7, 11) is 0. The second kappa shape index (κ2) is 3.79. The number of carbonyl (C=O) groups is 1. The lowest BCUT2D eigenvalue weighted by Gasteiger charge is -2.28. The molecule has 0 bridgehead atoms. The van der Waals surface area contributed by atoms with Crippen molar-refractivity contribution in [3.63, 3.8) is 0 Å². The van der Waals surface area contributed by atoms with Crippen molar-refractivity contribution in [3.8, 4) is 5.75 Å². The van der Waals surface area contributed by atoms with E-state index >= 15 is 0 Å². The Labute approximate surface area is 94.8 Å². The van der Waals surface area contributed by atoms with Gasteiger partial charge in [-0.05, 0) is 37.5 Å². The van der Waals surface area contributed by atoms with Gasteiger partial charge in [-0.3, -0.25) is 4.79 Å². The largest absolute Gasteiger partial charge is 0.477 e. The van der Waals surface area contributed by atoms with E-state index in [2.05, 4.69) is 11.4 Å². The average Bonchev–Trinajstić information content (AvgIpc) is 2.25. The molecule has 2 rings (SSSR count). The van der Waals surface area contributed by atoms with E-state index in [0.717, 1.165) is 28.1 Å². The summed E-state index contributed by atoms with van der Waals surface area (Å²) in [5, 5.41) is 2.87. The summed E-state index contributed by atoms with van der Waals surface area (Å²) in [4.78, 5) is 11.6. The monoisotopic (exact) mass is 220 g/mol. The third-order valence-electron chi connectivity index (χ3n) is 3.00. The fraction of sp³-hybridized carbons (Fsp3) is 0.417. The standard InChI is InChI=1S/C12H16N2O2/c1-6-4-7(2)11-10(8(6)3)14-12(15)9(5-13)16-11/h4,9H,5,13H2,1-3H3,(H,14,15). The molecule has 1 amide bonds. The second-order valence-electron chi connectivity index (χ2n) is 4.17. The van der Waals surface area contributed by atoms with Crippen molar-refractivity contribution >= 4 is 11.6 Å². The number of benzene rings is 1. The van der Waals surface area contributed by atoms with Crippen LogP contribution in [0.2, 0.25) is 0 Å². The van der Waals surface area contributed by atoms with E-state index in [1.165, 1.54) is 0 Å². The number of hydrogen-bond donors (Lipinski definition) is 2. The van der Waals surface area contributed by atoms with E-state index in [1.54, 1.807) is 0 Å². The Kier molecular flexibility index (Phi) is 2.59. The van der Waals surface area contributed by atoms with Crippen LogP contribution in [0.15, 0.2) is 6.07 Å². The number of anilines is 1. The van der Waals surface area contributed by atoms with Crippen LogP contribution in [0.1, 0.15) is 16.7 Å². The van der Waals surface area contributed by atoms with E-state index in [-0.39, 0.29) is 12.5 Å². The van der Waals surface area contributed by atoms with E-state index in [4.69, 9.17) is 10.5 Å². The van der Waals surface area contributed by atoms with Gasteiger partial charge in [0, 0.05) is 6.54 Å². The van der Waals surface area contributed by atoms with Gasteiger partial charge < -0.3 is 15.8 Å². The zero-order valence-corrected chi connectivity index (χ0v) is 9.76. The Bertz CT molecular complexity index is 455. The van der Waals surface area contributed by atoms with Gasteiger partial charge in [0.1, 0.15) is 5.75 Å². The summed E-state index contributed by atoms with van der Waals surface area (Å²) in [6, 6.07) is 2.05. The minimum Gasteiger partial charge on any atom is -0.477 e. The lowest BCUT2D eigenvalue weighted by molar-refractivity contribution is -0.123. The maximum Gasteiger partial charge on any atom is 0.266 e. The summed E-state index contributed by atoms with van der Waals surface area (Å²) in [5.41, 5.74) is 9.48. The molecule has 0 spiro atoms. The molecule has 86 valence electrons. The summed E-state index contributed by atoms with van der Waals surface area (Å²) in [6.07, 6.45) is -0.576. The predicted molar refractivity (Wildman–Crippen MR) is 62.8 cm³/mol. The Morgan fingerprint density at radius 2 is 2.06 bits per heavy atom. The van der Waals surface area contributed by atoms with Gasteiger partial charge in [0.25, 0.3) is 5.91 Å². The number of carbonyl (C=O) groups excluding carboxylic acids is 1. The highest BCUT2D eigenvalue weighted by atomic mass is 16.5. The van der Waals surface area contributed by atoms with Crippen LogP contribution in [-0.2, 0) is 4.79 Å². The molecule has 4 heteroatoms. The van der Waals surface area contributed by atoms with Crippen LogP contribution < -0.4 is 15.8 Å². The first-order valence-corrected chi connectivity index (χ1v) is 5.33. The van der Waals surface area contributed by atoms with Gasteiger partial charge in [0.15, 0.2) is 6.10 Å². The Morgan fingerprint density at radius 3 is 2.69 bits per heavy atom. The first-order valence-electron chi connectivity index (χ1n) is 5.33. The highest BCUT2D eigenvalue weighted by Gasteiger charge is 2.28. The summed E-state index contributed by atoms with van der Waals surface area (Å²) < 4.78 is 5.62. The summed E-state index contributed by atoms with van der Waals surface area (Å²) in [5.74, 6) is 0.584. The molecule has 1 heterocycles. The molecule has 0 saturated heterocycles. The molecular weight excluding hydrogens is 204 g/mol. The molecule has 0 aliphatic carbocycles. The molecule has 0 radical (unpaired) electrons. The van der Waals surface area contributed by atoms with Crippen molar-refractivity contribution in [2.75, 3.05) is 11.9 Å². The van der Waals surface area contributed by atoms with Gasteiger partial charge in [-0.25, -0.2) is 0 Å². The quantitative estimate of drug-likeness (QED) is 0.749. The van der Waals surface area contributed by atoms with Gasteiger partial charge in [0.2, 0.25) is 0 Å². The summed E-state index contributed by atoms with van der Waals surface area (Å²) in [6.45, 7) is 6.15. The molecule has 1 aromatic carbocycles. The topological polar surface area (TPSA) is 64.4 Å². The molecule has 3 N–H and O–H groups in total. The number of hydrogen-bond acceptors (Lipinski definition) is 3. The molecule has 0 aromatic heterocycles. The van der Waals surface area contributed by atoms with Gasteiger partial charge in [-0.15, -0.1) is 0 Å². The van der Waals surface area contributed by atoms with Crippen molar-refractivity contribution in [2.24, 2.45) is 5.73 Å². The highest BCUT2D eigenvalue weighted by Crippen LogP contribution is 2.37. The van der Waals surface area contributed by atoms with Gasteiger partial charge in [-0.1, -0.05) is 6.07 Å². The molecule has 1 aliphatic heterocycles. The molecular formula is C12H16N2O2. The fourth-order valence-electron chi connectivity index (χ4n) is 1.92. The highest BCUT2D eigenvalue weighted by molar-refractivity contribution is 5.99. The molecule has 0 fully saturated rings. The van der Waals surface area contributed by atoms with Crippen LogP contribution >= 0.6 is 0 Å². The van der Waals surface area contributed by atoms with Gasteiger partial charge in [-0.2, -0.15) is 0 Å². The van der Waals surface area contributed by atoms with Crippen molar-refractivity contribution in [1.29, 1.82) is 0 Å². The van der Waals surface area contributed by atoms with Gasteiger partial charge >= 0.3 is 0 Å². The molecule has 4 nitrogen and oxygen atoms in total. The zero-order valence-electron chi connectivity index (χ0n) is 9.76. The van der Waals surface area contributed by atoms with Gasteiger partial charge in [0.05, 0.1) is 5.69 Å². The molecule has 0 saturated carbocycles. The second-order valence-corrected chi connectivity index (χ2v) is 4.17. The number of nitrogens with one attached hydrogen (secondary N) is 1. The Balaban J connectivity index is 2.54. The molecule has 1 aromatic rings. The number of rotatable bonds is 1. The van der Waals surface area contributed by atoms with Crippen LogP contribution in [0.5, 0.6) is 5.75 Å². The smallest absolute Gasteiger partial charge is 0.266 e. The maximum absolute atomic E-state index is 11.6. The normalized spacial score (nSPS) is 18.8. The number of ether oxygens (including phenoxy) is 1. The van der Waals surface area contributed by atoms with Crippen LogP contribution in [0.25, 0.3) is 0 Å². The lowest BCUT2D eigenvalue weighted by Crippen LogP contribution is -2.42. The molecule has 16 heavy (non-hydrogen) atoms. The number of amides is 1. The van der Waals surface area contributed by atoms with E-state index in [0.29, 0.717) is 0 Å². The van der Waals surface area contributed by atoms with Crippen LogP contribution in [0, 0.1) is 20.8 Å². The SMILES string of the molecule is Cc1cc(C)c2c(c1C)NC(=O)C(CN)O2. The fourth-order valence-corrected chi connectivity index (χ4v) is 1.92. The Hall–Kier alpha value is -1.55. The third kappa shape index (κ3) is 1.55. The first kappa shape index (κ1) is 11.0. The third-order valence-corrected chi connectivity index (χ3v) is 3.00. The van der Waals surface area contributed by atoms with E-state index in [9.17, 15) is 4.79 Å². The van der Waals surface area contributed by atoms with E-state index in [1.807, 2.05) is 20.8 Å².